The van der Waals surface area contributed by atoms with Crippen LogP contribution in [0.3, 0.4) is 0 Å². The lowest BCUT2D eigenvalue weighted by molar-refractivity contribution is 1.56. The summed E-state index contributed by atoms with van der Waals surface area (Å²) < 4.78 is 0. The van der Waals surface area contributed by atoms with E-state index in [0.29, 0.717) is 0 Å². The molecule has 70 heavy (non-hydrogen) atoms. The van der Waals surface area contributed by atoms with Crippen molar-refractivity contribution in [3.05, 3.63) is 279 Å². The molecule has 0 saturated carbocycles. The summed E-state index contributed by atoms with van der Waals surface area (Å²) in [7, 11) is 0. The van der Waals surface area contributed by atoms with Crippen molar-refractivity contribution in [2.24, 2.45) is 0 Å². The van der Waals surface area contributed by atoms with Crippen LogP contribution in [0.15, 0.2) is 279 Å². The maximum Gasteiger partial charge on any atom is -0.00139 e. The van der Waals surface area contributed by atoms with Crippen LogP contribution in [0.2, 0.25) is 0 Å². The van der Waals surface area contributed by atoms with Crippen molar-refractivity contribution in [1.29, 1.82) is 0 Å². The minimum atomic E-state index is 1.19. The molecular formula is C70H46. The zero-order chi connectivity index (χ0) is 46.4. The molecule has 13 aromatic carbocycles. The van der Waals surface area contributed by atoms with Gasteiger partial charge in [-0.15, -0.1) is 0 Å². The molecule has 0 aliphatic rings. The fraction of sp³-hybridized carbons (Fsp3) is 0. The zero-order valence-electron chi connectivity index (χ0n) is 38.6. The number of benzene rings is 13. The van der Waals surface area contributed by atoms with Gasteiger partial charge in [0.2, 0.25) is 0 Å². The van der Waals surface area contributed by atoms with Gasteiger partial charge in [0.25, 0.3) is 0 Å². The first-order chi connectivity index (χ1) is 34.7. The summed E-state index contributed by atoms with van der Waals surface area (Å²) in [5, 5.41) is 9.90. The Labute approximate surface area is 409 Å². The van der Waals surface area contributed by atoms with Crippen LogP contribution in [0.5, 0.6) is 0 Å². The summed E-state index contributed by atoms with van der Waals surface area (Å²) in [6.45, 7) is 0. The Balaban J connectivity index is 1.01. The van der Waals surface area contributed by atoms with Crippen molar-refractivity contribution in [3.8, 4) is 89.0 Å². The van der Waals surface area contributed by atoms with Gasteiger partial charge >= 0.3 is 0 Å². The summed E-state index contributed by atoms with van der Waals surface area (Å²) >= 11 is 0. The van der Waals surface area contributed by atoms with Crippen molar-refractivity contribution in [3.63, 3.8) is 0 Å². The molecule has 0 N–H and O–H groups in total. The van der Waals surface area contributed by atoms with Crippen molar-refractivity contribution in [1.82, 2.24) is 0 Å². The number of fused-ring (bicyclic) bond motifs is 4. The lowest BCUT2D eigenvalue weighted by atomic mass is 9.80. The minimum Gasteiger partial charge on any atom is -0.0622 e. The summed E-state index contributed by atoms with van der Waals surface area (Å²) in [5.74, 6) is 0. The maximum absolute atomic E-state index is 2.39. The first kappa shape index (κ1) is 41.1. The fourth-order valence-electron chi connectivity index (χ4n) is 11.0. The smallest absolute Gasteiger partial charge is 0.00139 e. The van der Waals surface area contributed by atoms with Gasteiger partial charge in [0, 0.05) is 0 Å². The molecule has 0 aliphatic heterocycles. The molecule has 13 aromatic rings. The molecule has 0 amide bonds. The number of rotatable bonds is 8. The Bertz CT molecular complexity index is 3830. The van der Waals surface area contributed by atoms with Crippen LogP contribution in [0.25, 0.3) is 132 Å². The van der Waals surface area contributed by atoms with E-state index in [1.165, 1.54) is 132 Å². The van der Waals surface area contributed by atoms with Gasteiger partial charge in [0.15, 0.2) is 0 Å². The zero-order valence-corrected chi connectivity index (χ0v) is 38.6. The molecule has 0 heteroatoms. The minimum absolute atomic E-state index is 1.19. The summed E-state index contributed by atoms with van der Waals surface area (Å²) in [4.78, 5) is 0. The normalized spacial score (nSPS) is 11.4. The third-order valence-corrected chi connectivity index (χ3v) is 14.2. The Hall–Kier alpha value is -9.10. The Morgan fingerprint density at radius 2 is 0.300 bits per heavy atom. The van der Waals surface area contributed by atoms with E-state index in [1.54, 1.807) is 0 Å². The second-order valence-corrected chi connectivity index (χ2v) is 18.3. The highest BCUT2D eigenvalue weighted by molar-refractivity contribution is 6.30. The predicted molar refractivity (Wildman–Crippen MR) is 300 cm³/mol. The van der Waals surface area contributed by atoms with Crippen molar-refractivity contribution >= 4 is 43.1 Å². The van der Waals surface area contributed by atoms with Crippen LogP contribution in [0, 0.1) is 0 Å². The van der Waals surface area contributed by atoms with Crippen LogP contribution < -0.4 is 0 Å². The lowest BCUT2D eigenvalue weighted by Crippen LogP contribution is -1.95. The monoisotopic (exact) mass is 886 g/mol. The van der Waals surface area contributed by atoms with Crippen molar-refractivity contribution < 1.29 is 0 Å². The SMILES string of the molecule is c1ccc(-c2cc(-c3ccccc3)cc(-c3ccc(-c4c5ccccc5c(-c5c6ccccc6c(-c6cc(-c7ccccc7)cc(-c7ccccc7)c6)c6ccccc56)c5ccccc45)cc3)c2)cc1. The molecule has 0 aromatic heterocycles. The molecule has 0 spiro atoms. The Morgan fingerprint density at radius 1 is 0.114 bits per heavy atom. The molecule has 326 valence electrons. The van der Waals surface area contributed by atoms with Crippen molar-refractivity contribution in [2.45, 2.75) is 0 Å². The van der Waals surface area contributed by atoms with E-state index in [4.69, 9.17) is 0 Å². The Morgan fingerprint density at radius 3 is 0.571 bits per heavy atom. The van der Waals surface area contributed by atoms with Crippen LogP contribution in [0.4, 0.5) is 0 Å². The third kappa shape index (κ3) is 7.26. The highest BCUT2D eigenvalue weighted by Crippen LogP contribution is 2.51. The summed E-state index contributed by atoms with van der Waals surface area (Å²) in [6, 6.07) is 103. The molecule has 0 heterocycles. The topological polar surface area (TPSA) is 0 Å². The molecule has 0 fully saturated rings. The Kier molecular flexibility index (Phi) is 10.3. The van der Waals surface area contributed by atoms with Gasteiger partial charge in [-0.25, -0.2) is 0 Å². The largest absolute Gasteiger partial charge is 0.0622 e. The van der Waals surface area contributed by atoms with Crippen LogP contribution in [-0.2, 0) is 0 Å². The average Bonchev–Trinajstić information content (AvgIpc) is 3.45. The molecule has 13 rings (SSSR count). The molecule has 0 nitrogen and oxygen atoms in total. The van der Waals surface area contributed by atoms with E-state index in [9.17, 15) is 0 Å². The molecule has 0 bridgehead atoms. The van der Waals surface area contributed by atoms with Gasteiger partial charge in [-0.3, -0.25) is 0 Å². The molecule has 0 radical (unpaired) electrons. The molecule has 0 aliphatic carbocycles. The van der Waals surface area contributed by atoms with Crippen LogP contribution in [-0.4, -0.2) is 0 Å². The van der Waals surface area contributed by atoms with E-state index in [-0.39, 0.29) is 0 Å². The lowest BCUT2D eigenvalue weighted by Gasteiger charge is -2.22. The van der Waals surface area contributed by atoms with Crippen LogP contribution in [0.1, 0.15) is 0 Å². The second-order valence-electron chi connectivity index (χ2n) is 18.3. The van der Waals surface area contributed by atoms with Gasteiger partial charge in [-0.2, -0.15) is 0 Å². The summed E-state index contributed by atoms with van der Waals surface area (Å²) in [6.07, 6.45) is 0. The quantitative estimate of drug-likeness (QED) is 0.133. The van der Waals surface area contributed by atoms with Gasteiger partial charge in [-0.05, 0) is 169 Å². The first-order valence-electron chi connectivity index (χ1n) is 24.2. The van der Waals surface area contributed by atoms with E-state index >= 15 is 0 Å². The summed E-state index contributed by atoms with van der Waals surface area (Å²) in [5.41, 5.74) is 19.5. The van der Waals surface area contributed by atoms with E-state index in [2.05, 4.69) is 279 Å². The van der Waals surface area contributed by atoms with Crippen molar-refractivity contribution in [2.75, 3.05) is 0 Å². The van der Waals surface area contributed by atoms with Gasteiger partial charge in [0.05, 0.1) is 0 Å². The predicted octanol–water partition coefficient (Wildman–Crippen LogP) is 19.6. The first-order valence-corrected chi connectivity index (χ1v) is 24.2. The second kappa shape index (κ2) is 17.5. The standard InChI is InChI=1S/C70H46/c1-5-21-47(22-6-1)53-41-54(48-23-7-2-8-24-48)43-55(42-53)51-37-39-52(40-38-51)67-59-29-13-17-33-63(59)69(64-34-18-14-30-60(64)67)70-65-35-19-15-31-61(65)68(62-32-16-20-36-66(62)70)58-45-56(49-25-9-3-10-26-49)44-57(46-58)50-27-11-4-12-28-50/h1-46H. The maximum atomic E-state index is 2.39. The van der Waals surface area contributed by atoms with Gasteiger partial charge in [-0.1, -0.05) is 243 Å². The van der Waals surface area contributed by atoms with E-state index in [0.717, 1.165) is 0 Å². The molecular weight excluding hydrogens is 841 g/mol. The molecule has 0 saturated heterocycles. The van der Waals surface area contributed by atoms with E-state index < -0.39 is 0 Å². The molecule has 0 atom stereocenters. The number of hydrogen-bond acceptors (Lipinski definition) is 0. The van der Waals surface area contributed by atoms with Crippen LogP contribution >= 0.6 is 0 Å². The average molecular weight is 887 g/mol. The highest BCUT2D eigenvalue weighted by atomic mass is 14.3. The van der Waals surface area contributed by atoms with Gasteiger partial charge < -0.3 is 0 Å². The molecule has 0 unspecified atom stereocenters. The van der Waals surface area contributed by atoms with Gasteiger partial charge in [0.1, 0.15) is 0 Å². The highest BCUT2D eigenvalue weighted by Gasteiger charge is 2.23. The van der Waals surface area contributed by atoms with E-state index in [1.807, 2.05) is 0 Å². The third-order valence-electron chi connectivity index (χ3n) is 14.2. The number of hydrogen-bond donors (Lipinski definition) is 0. The fourth-order valence-corrected chi connectivity index (χ4v) is 11.0.